The number of morpholine rings is 1. The van der Waals surface area contributed by atoms with E-state index in [1.807, 2.05) is 18.2 Å². The number of benzene rings is 2. The van der Waals surface area contributed by atoms with Crippen molar-refractivity contribution in [1.29, 1.82) is 0 Å². The molecule has 1 aromatic heterocycles. The van der Waals surface area contributed by atoms with Gasteiger partial charge in [-0.15, -0.1) is 0 Å². The van der Waals surface area contributed by atoms with Crippen LogP contribution >= 0.6 is 0 Å². The normalized spacial score (nSPS) is 20.5. The summed E-state index contributed by atoms with van der Waals surface area (Å²) >= 11 is 0. The average Bonchev–Trinajstić information content (AvgIpc) is 2.88. The third-order valence-electron chi connectivity index (χ3n) is 4.78. The number of aromatic nitrogens is 2. The summed E-state index contributed by atoms with van der Waals surface area (Å²) in [5.41, 5.74) is 3.99. The van der Waals surface area contributed by atoms with Crippen LogP contribution in [-0.2, 0) is 11.8 Å². The van der Waals surface area contributed by atoms with Gasteiger partial charge in [-0.05, 0) is 56.3 Å². The van der Waals surface area contributed by atoms with Crippen molar-refractivity contribution in [3.8, 4) is 0 Å². The highest BCUT2D eigenvalue weighted by Crippen LogP contribution is 2.25. The van der Waals surface area contributed by atoms with Crippen molar-refractivity contribution in [3.63, 3.8) is 0 Å². The van der Waals surface area contributed by atoms with Gasteiger partial charge in [-0.1, -0.05) is 0 Å². The number of nitrogens with one attached hydrogen (secondary N) is 2. The zero-order valence-corrected chi connectivity index (χ0v) is 15.3. The van der Waals surface area contributed by atoms with Crippen molar-refractivity contribution < 1.29 is 4.74 Å². The second-order valence-electron chi connectivity index (χ2n) is 7.07. The third-order valence-corrected chi connectivity index (χ3v) is 4.78. The minimum Gasteiger partial charge on any atom is -0.372 e. The number of H-pyrrole nitrogens is 1. The molecule has 2 N–H and O–H groups in total. The standard InChI is InChI=1S/C20H24N4O2/c1-13-11-24(12-14(2)26-13)17-7-4-15(5-8-17)21-16-6-9-18-19(10-16)22-23(3)20(18)25/h4-10,13-14,21-22H,11-12H2,1-3H3. The monoisotopic (exact) mass is 352 g/mol. The van der Waals surface area contributed by atoms with Gasteiger partial charge in [0.2, 0.25) is 0 Å². The Balaban J connectivity index is 1.51. The maximum Gasteiger partial charge on any atom is 0.274 e. The molecule has 2 unspecified atom stereocenters. The van der Waals surface area contributed by atoms with Gasteiger partial charge in [-0.2, -0.15) is 0 Å². The van der Waals surface area contributed by atoms with Gasteiger partial charge < -0.3 is 15.0 Å². The van der Waals surface area contributed by atoms with Crippen LogP contribution in [0, 0.1) is 0 Å². The first kappa shape index (κ1) is 16.7. The van der Waals surface area contributed by atoms with Gasteiger partial charge in [0, 0.05) is 37.2 Å². The molecule has 6 nitrogen and oxygen atoms in total. The van der Waals surface area contributed by atoms with E-state index in [9.17, 15) is 4.79 Å². The van der Waals surface area contributed by atoms with E-state index in [4.69, 9.17) is 4.74 Å². The van der Waals surface area contributed by atoms with E-state index in [1.165, 1.54) is 10.4 Å². The fourth-order valence-electron chi connectivity index (χ4n) is 3.62. The topological polar surface area (TPSA) is 62.3 Å². The van der Waals surface area contributed by atoms with E-state index in [0.29, 0.717) is 5.39 Å². The zero-order valence-electron chi connectivity index (χ0n) is 15.3. The molecule has 0 bridgehead atoms. The van der Waals surface area contributed by atoms with E-state index in [2.05, 4.69) is 53.4 Å². The molecule has 2 heterocycles. The van der Waals surface area contributed by atoms with Crippen LogP contribution in [0.1, 0.15) is 13.8 Å². The molecule has 1 aliphatic rings. The molecule has 3 aromatic rings. The molecule has 0 spiro atoms. The van der Waals surface area contributed by atoms with Crippen molar-refractivity contribution >= 4 is 28.0 Å². The molecule has 26 heavy (non-hydrogen) atoms. The van der Waals surface area contributed by atoms with Crippen molar-refractivity contribution in [2.24, 2.45) is 7.05 Å². The second-order valence-corrected chi connectivity index (χ2v) is 7.07. The van der Waals surface area contributed by atoms with Gasteiger partial charge in [0.25, 0.3) is 5.56 Å². The van der Waals surface area contributed by atoms with Gasteiger partial charge in [-0.25, -0.2) is 0 Å². The Morgan fingerprint density at radius 2 is 1.69 bits per heavy atom. The molecule has 4 rings (SSSR count). The lowest BCUT2D eigenvalue weighted by molar-refractivity contribution is -0.00521. The Labute approximate surface area is 152 Å². The molecular formula is C20H24N4O2. The van der Waals surface area contributed by atoms with Crippen LogP contribution in [0.2, 0.25) is 0 Å². The number of nitrogens with zero attached hydrogens (tertiary/aromatic N) is 2. The number of hydrogen-bond acceptors (Lipinski definition) is 4. The van der Waals surface area contributed by atoms with Crippen molar-refractivity contribution in [2.45, 2.75) is 26.1 Å². The lowest BCUT2D eigenvalue weighted by Gasteiger charge is -2.36. The van der Waals surface area contributed by atoms with E-state index in [-0.39, 0.29) is 17.8 Å². The third kappa shape index (κ3) is 3.20. The molecule has 0 aliphatic carbocycles. The van der Waals surface area contributed by atoms with Gasteiger partial charge in [-0.3, -0.25) is 14.6 Å². The minimum absolute atomic E-state index is 0.00938. The molecule has 2 atom stereocenters. The fraction of sp³-hybridized carbons (Fsp3) is 0.350. The zero-order chi connectivity index (χ0) is 18.3. The van der Waals surface area contributed by atoms with Crippen LogP contribution in [0.25, 0.3) is 10.9 Å². The molecule has 0 saturated carbocycles. The van der Waals surface area contributed by atoms with Gasteiger partial charge in [0.1, 0.15) is 0 Å². The number of hydrogen-bond donors (Lipinski definition) is 2. The highest BCUT2D eigenvalue weighted by atomic mass is 16.5. The van der Waals surface area contributed by atoms with Crippen LogP contribution in [-0.4, -0.2) is 35.1 Å². The van der Waals surface area contributed by atoms with Crippen LogP contribution < -0.4 is 15.8 Å². The van der Waals surface area contributed by atoms with Crippen molar-refractivity contribution in [1.82, 2.24) is 9.78 Å². The quantitative estimate of drug-likeness (QED) is 0.760. The number of fused-ring (bicyclic) bond motifs is 1. The molecule has 1 fully saturated rings. The van der Waals surface area contributed by atoms with Crippen LogP contribution in [0.4, 0.5) is 17.1 Å². The summed E-state index contributed by atoms with van der Waals surface area (Å²) in [5, 5.41) is 7.15. The number of aryl methyl sites for hydroxylation is 1. The summed E-state index contributed by atoms with van der Waals surface area (Å²) in [6.07, 6.45) is 0.493. The molecule has 1 aliphatic heterocycles. The average molecular weight is 352 g/mol. The summed E-state index contributed by atoms with van der Waals surface area (Å²) in [5.74, 6) is 0. The Morgan fingerprint density at radius 1 is 1.04 bits per heavy atom. The lowest BCUT2D eigenvalue weighted by atomic mass is 10.2. The smallest absolute Gasteiger partial charge is 0.274 e. The summed E-state index contributed by atoms with van der Waals surface area (Å²) in [6.45, 7) is 6.05. The lowest BCUT2D eigenvalue weighted by Crippen LogP contribution is -2.45. The van der Waals surface area contributed by atoms with Crippen LogP contribution in [0.5, 0.6) is 0 Å². The van der Waals surface area contributed by atoms with Crippen molar-refractivity contribution in [3.05, 3.63) is 52.8 Å². The first-order valence-electron chi connectivity index (χ1n) is 8.96. The summed E-state index contributed by atoms with van der Waals surface area (Å²) in [7, 11) is 1.72. The first-order chi connectivity index (χ1) is 12.5. The number of aromatic amines is 1. The van der Waals surface area contributed by atoms with Crippen LogP contribution in [0.3, 0.4) is 0 Å². The predicted octanol–water partition coefficient (Wildman–Crippen LogP) is 3.22. The number of ether oxygens (including phenoxy) is 1. The van der Waals surface area contributed by atoms with E-state index in [1.54, 1.807) is 7.05 Å². The number of anilines is 3. The second kappa shape index (κ2) is 6.53. The maximum absolute atomic E-state index is 11.9. The minimum atomic E-state index is -0.00938. The van der Waals surface area contributed by atoms with Gasteiger partial charge in [0.05, 0.1) is 23.1 Å². The molecule has 136 valence electrons. The Bertz CT molecular complexity index is 964. The Morgan fingerprint density at radius 3 is 2.38 bits per heavy atom. The largest absolute Gasteiger partial charge is 0.372 e. The fourth-order valence-corrected chi connectivity index (χ4v) is 3.62. The van der Waals surface area contributed by atoms with Crippen molar-refractivity contribution in [2.75, 3.05) is 23.3 Å². The van der Waals surface area contributed by atoms with Crippen LogP contribution in [0.15, 0.2) is 47.3 Å². The van der Waals surface area contributed by atoms with E-state index >= 15 is 0 Å². The maximum atomic E-state index is 11.9. The molecule has 2 aromatic carbocycles. The SMILES string of the molecule is CC1CN(c2ccc(Nc3ccc4c(=O)n(C)[nH]c4c3)cc2)CC(C)O1. The summed E-state index contributed by atoms with van der Waals surface area (Å²) in [4.78, 5) is 14.3. The number of rotatable bonds is 3. The van der Waals surface area contributed by atoms with Gasteiger partial charge >= 0.3 is 0 Å². The summed E-state index contributed by atoms with van der Waals surface area (Å²) in [6, 6.07) is 14.2. The van der Waals surface area contributed by atoms with E-state index < -0.39 is 0 Å². The predicted molar refractivity (Wildman–Crippen MR) is 105 cm³/mol. The van der Waals surface area contributed by atoms with E-state index in [0.717, 1.165) is 30.0 Å². The highest BCUT2D eigenvalue weighted by molar-refractivity contribution is 5.82. The molecule has 6 heteroatoms. The molecule has 0 radical (unpaired) electrons. The molecule has 0 amide bonds. The Kier molecular flexibility index (Phi) is 4.20. The molecule has 1 saturated heterocycles. The Hall–Kier alpha value is -2.73. The molecular weight excluding hydrogens is 328 g/mol. The van der Waals surface area contributed by atoms with Gasteiger partial charge in [0.15, 0.2) is 0 Å². The highest BCUT2D eigenvalue weighted by Gasteiger charge is 2.22. The summed E-state index contributed by atoms with van der Waals surface area (Å²) < 4.78 is 7.30. The first-order valence-corrected chi connectivity index (χ1v) is 8.96.